The average molecular weight is 1420 g/mol. The Morgan fingerprint density at radius 2 is 0.560 bits per heavy atom. The second-order valence-corrected chi connectivity index (χ2v) is 26.6. The minimum atomic E-state index is -1.36. The van der Waals surface area contributed by atoms with Crippen molar-refractivity contribution in [3.8, 4) is 0 Å². The lowest BCUT2D eigenvalue weighted by Crippen LogP contribution is -2.63. The molecule has 0 saturated carbocycles. The van der Waals surface area contributed by atoms with Gasteiger partial charge in [-0.2, -0.15) is 0 Å². The Morgan fingerprint density at radius 1 is 0.300 bits per heavy atom. The Bertz CT molecular complexity index is 2800. The number of nitrogens with zero attached hydrogens (tertiary/aromatic N) is 4. The third-order valence-electron chi connectivity index (χ3n) is 16.2. The van der Waals surface area contributed by atoms with Crippen molar-refractivity contribution in [3.05, 3.63) is 0 Å². The van der Waals surface area contributed by atoms with Gasteiger partial charge in [-0.3, -0.25) is 77.5 Å². The Hall–Kier alpha value is -9.32. The number of nitrogens with two attached hydrogens (primary N) is 10. The van der Waals surface area contributed by atoms with E-state index in [1.807, 2.05) is 13.8 Å². The molecule has 37 heteroatoms. The molecule has 14 atom stereocenters. The SMILES string of the molecule is CC[C@H](C)[C@H](NC(=O)[C@H](CCCN=C(N)N)NC(=O)[C@H](C)NC(=O)[C@H](CC(C)C)NC(=O)[C@@H](N)CCCN=C(N)N)C(=O)N[C@H](C(=O)N[C@H](C(=O)N[C@H](C(=O)N[C@@H](CCCN=C(N)N)C(=O)N[C@H](C(=O)N[C@@H](C)C(=O)N[C@@H](CCCN=C(N)N)C(N)=O)C(C)C)[C@@H](C)CC)C(C)C)C(C)C. The van der Waals surface area contributed by atoms with Crippen molar-refractivity contribution in [2.24, 2.45) is 113 Å². The molecule has 0 aliphatic heterocycles. The number of rotatable bonds is 48. The summed E-state index contributed by atoms with van der Waals surface area (Å²) >= 11 is 0. The van der Waals surface area contributed by atoms with Crippen molar-refractivity contribution in [2.45, 2.75) is 240 Å². The molecule has 0 heterocycles. The molecule has 0 aromatic heterocycles. The van der Waals surface area contributed by atoms with Gasteiger partial charge in [-0.05, 0) is 107 Å². The molecule has 0 rings (SSSR count). The van der Waals surface area contributed by atoms with E-state index in [4.69, 9.17) is 57.3 Å². The summed E-state index contributed by atoms with van der Waals surface area (Å²) in [6, 6.07) is -15.0. The number of carbonyl (C=O) groups excluding carboxylic acids is 12. The predicted octanol–water partition coefficient (Wildman–Crippen LogP) is -5.51. The number of hydrogen-bond donors (Lipinski definition) is 21. The van der Waals surface area contributed by atoms with Gasteiger partial charge in [0.15, 0.2) is 23.8 Å². The summed E-state index contributed by atoms with van der Waals surface area (Å²) in [6.45, 7) is 23.7. The third-order valence-corrected chi connectivity index (χ3v) is 16.2. The molecular weight excluding hydrogens is 1300 g/mol. The van der Waals surface area contributed by atoms with Gasteiger partial charge in [0.25, 0.3) is 0 Å². The van der Waals surface area contributed by atoms with E-state index < -0.39 is 173 Å². The van der Waals surface area contributed by atoms with Crippen molar-refractivity contribution in [1.82, 2.24) is 58.5 Å². The summed E-state index contributed by atoms with van der Waals surface area (Å²) in [5.41, 5.74) is 55.3. The van der Waals surface area contributed by atoms with Crippen molar-refractivity contribution in [2.75, 3.05) is 26.2 Å². The molecule has 100 heavy (non-hydrogen) atoms. The number of amides is 12. The summed E-state index contributed by atoms with van der Waals surface area (Å²) in [7, 11) is 0. The molecule has 0 aromatic rings. The average Bonchev–Trinajstić information content (AvgIpc) is 0.877. The van der Waals surface area contributed by atoms with Crippen LogP contribution in [0.1, 0.15) is 168 Å². The van der Waals surface area contributed by atoms with Crippen LogP contribution in [0.2, 0.25) is 0 Å². The molecule has 570 valence electrons. The second kappa shape index (κ2) is 46.9. The van der Waals surface area contributed by atoms with E-state index in [0.717, 1.165) is 0 Å². The molecule has 0 fully saturated rings. The fourth-order valence-electron chi connectivity index (χ4n) is 9.81. The van der Waals surface area contributed by atoms with Gasteiger partial charge in [0.05, 0.1) is 6.04 Å². The Balaban J connectivity index is 6.83. The molecule has 0 aliphatic rings. The molecular formula is C63H121N25O12. The maximum Gasteiger partial charge on any atom is 0.243 e. The highest BCUT2D eigenvalue weighted by Gasteiger charge is 2.39. The van der Waals surface area contributed by atoms with Gasteiger partial charge in [0.1, 0.15) is 66.5 Å². The van der Waals surface area contributed by atoms with E-state index in [1.165, 1.54) is 13.8 Å². The summed E-state index contributed by atoms with van der Waals surface area (Å²) in [5, 5.41) is 29.4. The van der Waals surface area contributed by atoms with Crippen LogP contribution >= 0.6 is 0 Å². The van der Waals surface area contributed by atoms with Crippen LogP contribution in [0.4, 0.5) is 0 Å². The molecule has 0 radical (unpaired) electrons. The Morgan fingerprint density at radius 3 is 0.900 bits per heavy atom. The molecule has 0 spiro atoms. The van der Waals surface area contributed by atoms with Gasteiger partial charge in [-0.25, -0.2) is 0 Å². The summed E-state index contributed by atoms with van der Waals surface area (Å²) in [5.74, 6) is -13.1. The van der Waals surface area contributed by atoms with Gasteiger partial charge in [-0.1, -0.05) is 95.9 Å². The van der Waals surface area contributed by atoms with E-state index in [2.05, 4.69) is 78.5 Å². The van der Waals surface area contributed by atoms with E-state index in [1.54, 1.807) is 69.2 Å². The number of guanidine groups is 4. The third kappa shape index (κ3) is 35.4. The smallest absolute Gasteiger partial charge is 0.243 e. The highest BCUT2D eigenvalue weighted by atomic mass is 16.2. The molecule has 31 N–H and O–H groups in total. The first kappa shape index (κ1) is 90.7. The summed E-state index contributed by atoms with van der Waals surface area (Å²) in [6.07, 6.45) is 2.02. The van der Waals surface area contributed by atoms with E-state index in [9.17, 15) is 57.5 Å². The van der Waals surface area contributed by atoms with Gasteiger partial charge in [0.2, 0.25) is 70.9 Å². The number of aliphatic imine (C=N–C) groups is 4. The number of nitrogens with one attached hydrogen (secondary N) is 11. The normalized spacial score (nSPS) is 15.4. The number of carbonyl (C=O) groups is 12. The molecule has 0 aromatic carbocycles. The summed E-state index contributed by atoms with van der Waals surface area (Å²) in [4.78, 5) is 182. The zero-order valence-corrected chi connectivity index (χ0v) is 61.0. The minimum Gasteiger partial charge on any atom is -0.370 e. The van der Waals surface area contributed by atoms with Crippen molar-refractivity contribution in [3.63, 3.8) is 0 Å². The van der Waals surface area contributed by atoms with E-state index in [0.29, 0.717) is 25.7 Å². The monoisotopic (exact) mass is 1420 g/mol. The van der Waals surface area contributed by atoms with Crippen molar-refractivity contribution < 1.29 is 57.5 Å². The molecule has 0 aliphatic carbocycles. The zero-order chi connectivity index (χ0) is 76.8. The van der Waals surface area contributed by atoms with Gasteiger partial charge >= 0.3 is 0 Å². The van der Waals surface area contributed by atoms with Gasteiger partial charge in [0, 0.05) is 26.2 Å². The van der Waals surface area contributed by atoms with Crippen LogP contribution in [0.15, 0.2) is 20.0 Å². The van der Waals surface area contributed by atoms with Crippen LogP contribution in [0.5, 0.6) is 0 Å². The molecule has 37 nitrogen and oxygen atoms in total. The van der Waals surface area contributed by atoms with E-state index in [-0.39, 0.29) is 101 Å². The van der Waals surface area contributed by atoms with Crippen LogP contribution in [-0.2, 0) is 57.5 Å². The lowest BCUT2D eigenvalue weighted by Gasteiger charge is -2.32. The van der Waals surface area contributed by atoms with Crippen LogP contribution in [0, 0.1) is 35.5 Å². The van der Waals surface area contributed by atoms with Crippen LogP contribution < -0.4 is 116 Å². The van der Waals surface area contributed by atoms with Crippen molar-refractivity contribution >= 4 is 94.7 Å². The largest absolute Gasteiger partial charge is 0.370 e. The first-order valence-electron chi connectivity index (χ1n) is 34.2. The first-order chi connectivity index (χ1) is 46.6. The summed E-state index contributed by atoms with van der Waals surface area (Å²) < 4.78 is 0. The molecule has 12 amide bonds. The standard InChI is InChI=1S/C63H121N25O12/c1-15-34(11)46(58(99)82-41(24-20-28-77-63(72)73)52(93)84-43(31(5)6)55(96)79-37(14)49(90)80-39(48(65)89)22-18-26-75-61(68)69)88-57(98)45(33(9)10)85-56(97)44(32(7)8)86-59(100)47(35(12)16-2)87-53(94)40(23-19-27-76-62(70)71)81-50(91)36(13)78-54(95)42(29-30(3)4)83-51(92)38(64)21-17-25-74-60(66)67/h30-47H,15-29,64H2,1-14H3,(H2,65,89)(H,78,95)(H,79,96)(H,80,90)(H,81,91)(H,82,99)(H,83,92)(H,84,93)(H,85,97)(H,86,100)(H,87,94)(H,88,98)(H4,66,67,74)(H4,68,69,75)(H4,70,71,76)(H4,72,73,77)/t34-,35-,36-,37-,38-,39-,40-,41-,42-,43-,44-,45-,46-,47-/m0/s1. The van der Waals surface area contributed by atoms with Crippen LogP contribution in [-0.4, -0.2) is 193 Å². The number of hydrogen-bond acceptors (Lipinski definition) is 17. The molecule has 0 saturated heterocycles. The molecule has 0 unspecified atom stereocenters. The maximum absolute atomic E-state index is 14.5. The van der Waals surface area contributed by atoms with Gasteiger partial charge in [-0.15, -0.1) is 0 Å². The lowest BCUT2D eigenvalue weighted by atomic mass is 9.94. The fraction of sp³-hybridized carbons (Fsp3) is 0.746. The highest BCUT2D eigenvalue weighted by Crippen LogP contribution is 2.16. The topological polar surface area (TPSA) is 647 Å². The minimum absolute atomic E-state index is 0.0379. The van der Waals surface area contributed by atoms with Crippen LogP contribution in [0.25, 0.3) is 0 Å². The first-order valence-corrected chi connectivity index (χ1v) is 34.2. The quantitative estimate of drug-likeness (QED) is 0.0153. The van der Waals surface area contributed by atoms with Crippen LogP contribution in [0.3, 0.4) is 0 Å². The maximum atomic E-state index is 14.5. The van der Waals surface area contributed by atoms with Gasteiger partial charge < -0.3 is 116 Å². The van der Waals surface area contributed by atoms with Crippen molar-refractivity contribution in [1.29, 1.82) is 0 Å². The lowest BCUT2D eigenvalue weighted by molar-refractivity contribution is -0.138. The molecule has 0 bridgehead atoms. The van der Waals surface area contributed by atoms with E-state index >= 15 is 0 Å². The number of primary amides is 1. The Kier molecular flexibility index (Phi) is 42.5. The predicted molar refractivity (Wildman–Crippen MR) is 382 cm³/mol. The zero-order valence-electron chi connectivity index (χ0n) is 61.0. The Labute approximate surface area is 587 Å². The fourth-order valence-corrected chi connectivity index (χ4v) is 9.81. The highest BCUT2D eigenvalue weighted by molar-refractivity contribution is 5.99. The second-order valence-electron chi connectivity index (χ2n) is 26.6.